The lowest BCUT2D eigenvalue weighted by Gasteiger charge is -2.39. The van der Waals surface area contributed by atoms with Gasteiger partial charge in [0, 0.05) is 31.1 Å². The van der Waals surface area contributed by atoms with Crippen LogP contribution in [0.25, 0.3) is 0 Å². The molecular weight excluding hydrogens is 284 g/mol. The lowest BCUT2D eigenvalue weighted by molar-refractivity contribution is 0.143. The van der Waals surface area contributed by atoms with Crippen molar-refractivity contribution in [2.75, 3.05) is 18.5 Å². The van der Waals surface area contributed by atoms with Gasteiger partial charge in [-0.15, -0.1) is 0 Å². The summed E-state index contributed by atoms with van der Waals surface area (Å²) >= 11 is 0. The molecule has 4 nitrogen and oxygen atoms in total. The molecule has 1 aliphatic heterocycles. The van der Waals surface area contributed by atoms with Gasteiger partial charge in [-0.05, 0) is 42.9 Å². The lowest BCUT2D eigenvalue weighted by atomic mass is 9.90. The van der Waals surface area contributed by atoms with Crippen LogP contribution in [-0.2, 0) is 22.8 Å². The van der Waals surface area contributed by atoms with Gasteiger partial charge in [0.05, 0.1) is 5.25 Å². The molecule has 3 rings (SSSR count). The van der Waals surface area contributed by atoms with Gasteiger partial charge in [0.2, 0.25) is 0 Å². The van der Waals surface area contributed by atoms with Crippen molar-refractivity contribution < 1.29 is 8.42 Å². The first-order valence-electron chi connectivity index (χ1n) is 7.74. The molecule has 0 radical (unpaired) electrons. The van der Waals surface area contributed by atoms with Crippen molar-refractivity contribution in [2.24, 2.45) is 0 Å². The Morgan fingerprint density at radius 3 is 2.86 bits per heavy atom. The molecule has 2 N–H and O–H groups in total. The number of nitrogens with two attached hydrogens (primary N) is 1. The Kier molecular flexibility index (Phi) is 3.97. The van der Waals surface area contributed by atoms with E-state index >= 15 is 0 Å². The molecule has 21 heavy (non-hydrogen) atoms. The molecule has 116 valence electrons. The van der Waals surface area contributed by atoms with Gasteiger partial charge in [-0.3, -0.25) is 4.90 Å². The highest BCUT2D eigenvalue weighted by atomic mass is 32.2. The third-order valence-electron chi connectivity index (χ3n) is 5.06. The van der Waals surface area contributed by atoms with E-state index in [-0.39, 0.29) is 5.25 Å². The predicted octanol–water partition coefficient (Wildman–Crippen LogP) is 1.98. The van der Waals surface area contributed by atoms with E-state index in [0.29, 0.717) is 6.04 Å². The molecule has 1 saturated carbocycles. The number of anilines is 1. The summed E-state index contributed by atoms with van der Waals surface area (Å²) in [5, 5.41) is -0.161. The normalized spacial score (nSPS) is 27.3. The third kappa shape index (κ3) is 3.09. The summed E-state index contributed by atoms with van der Waals surface area (Å²) in [6, 6.07) is 6.52. The Morgan fingerprint density at radius 1 is 1.29 bits per heavy atom. The number of nitrogen functional groups attached to an aromatic ring is 1. The molecule has 2 aliphatic rings. The van der Waals surface area contributed by atoms with Gasteiger partial charge in [-0.25, -0.2) is 8.42 Å². The fourth-order valence-corrected chi connectivity index (χ4v) is 4.95. The van der Waals surface area contributed by atoms with E-state index in [4.69, 9.17) is 5.73 Å². The molecule has 2 atom stereocenters. The first-order chi connectivity index (χ1) is 9.95. The van der Waals surface area contributed by atoms with E-state index in [2.05, 4.69) is 11.0 Å². The molecule has 0 amide bonds. The first kappa shape index (κ1) is 14.9. The minimum atomic E-state index is -2.92. The van der Waals surface area contributed by atoms with E-state index < -0.39 is 9.84 Å². The largest absolute Gasteiger partial charge is 0.398 e. The molecular formula is C16H24N2O2S. The highest BCUT2D eigenvalue weighted by Crippen LogP contribution is 2.32. The van der Waals surface area contributed by atoms with E-state index in [0.717, 1.165) is 50.9 Å². The number of fused-ring (bicyclic) bond motifs is 1. The van der Waals surface area contributed by atoms with Crippen LogP contribution in [0.1, 0.15) is 36.8 Å². The maximum Gasteiger partial charge on any atom is 0.150 e. The van der Waals surface area contributed by atoms with E-state index in [9.17, 15) is 8.42 Å². The second kappa shape index (κ2) is 5.61. The smallest absolute Gasteiger partial charge is 0.150 e. The second-order valence-corrected chi connectivity index (χ2v) is 8.80. The average Bonchev–Trinajstić information content (AvgIpc) is 2.47. The fraction of sp³-hybridized carbons (Fsp3) is 0.625. The van der Waals surface area contributed by atoms with Crippen LogP contribution >= 0.6 is 0 Å². The molecule has 0 spiro atoms. The van der Waals surface area contributed by atoms with Gasteiger partial charge >= 0.3 is 0 Å². The zero-order valence-electron chi connectivity index (χ0n) is 12.6. The minimum absolute atomic E-state index is 0.161. The molecule has 1 fully saturated rings. The molecule has 1 aromatic carbocycles. The maximum absolute atomic E-state index is 11.8. The summed E-state index contributed by atoms with van der Waals surface area (Å²) in [4.78, 5) is 2.44. The van der Waals surface area contributed by atoms with Gasteiger partial charge in [-0.2, -0.15) is 0 Å². The topological polar surface area (TPSA) is 63.4 Å². The molecule has 5 heteroatoms. The van der Waals surface area contributed by atoms with E-state index in [1.165, 1.54) is 17.4 Å². The van der Waals surface area contributed by atoms with Gasteiger partial charge in [-0.1, -0.05) is 18.6 Å². The molecule has 0 aromatic heterocycles. The molecule has 0 bridgehead atoms. The first-order valence-corrected chi connectivity index (χ1v) is 9.70. The molecule has 1 aliphatic carbocycles. The van der Waals surface area contributed by atoms with Crippen molar-refractivity contribution in [3.8, 4) is 0 Å². The standard InChI is InChI=1S/C16H24N2O2S/c1-21(19,20)14-6-3-5-13(10-14)18-9-8-12-4-2-7-16(17)15(12)11-18/h2,4,7,13-14H,3,5-6,8-11,17H2,1H3. The second-order valence-electron chi connectivity index (χ2n) is 6.48. The zero-order chi connectivity index (χ0) is 15.0. The van der Waals surface area contributed by atoms with Crippen LogP contribution in [0, 0.1) is 0 Å². The molecule has 1 heterocycles. The summed E-state index contributed by atoms with van der Waals surface area (Å²) in [6.45, 7) is 1.88. The number of benzene rings is 1. The monoisotopic (exact) mass is 308 g/mol. The predicted molar refractivity (Wildman–Crippen MR) is 85.9 cm³/mol. The zero-order valence-corrected chi connectivity index (χ0v) is 13.4. The van der Waals surface area contributed by atoms with Crippen LogP contribution in [0.4, 0.5) is 5.69 Å². The molecule has 1 aromatic rings. The number of hydrogen-bond acceptors (Lipinski definition) is 4. The lowest BCUT2D eigenvalue weighted by Crippen LogP contribution is -2.44. The summed E-state index contributed by atoms with van der Waals surface area (Å²) in [6.07, 6.45) is 6.11. The molecule has 2 unspecified atom stereocenters. The number of nitrogens with zero attached hydrogens (tertiary/aromatic N) is 1. The number of hydrogen-bond donors (Lipinski definition) is 1. The van der Waals surface area contributed by atoms with Crippen molar-refractivity contribution >= 4 is 15.5 Å². The molecule has 0 saturated heterocycles. The minimum Gasteiger partial charge on any atom is -0.398 e. The summed E-state index contributed by atoms with van der Waals surface area (Å²) in [5.74, 6) is 0. The van der Waals surface area contributed by atoms with E-state index in [1.54, 1.807) is 0 Å². The highest BCUT2D eigenvalue weighted by Gasteiger charge is 2.33. The number of sulfone groups is 1. The van der Waals surface area contributed by atoms with Crippen LogP contribution in [0.15, 0.2) is 18.2 Å². The van der Waals surface area contributed by atoms with Crippen LogP contribution in [0.2, 0.25) is 0 Å². The van der Waals surface area contributed by atoms with Crippen LogP contribution in [0.5, 0.6) is 0 Å². The fourth-order valence-electron chi connectivity index (χ4n) is 3.78. The Balaban J connectivity index is 1.75. The van der Waals surface area contributed by atoms with Gasteiger partial charge < -0.3 is 5.73 Å². The average molecular weight is 308 g/mol. The van der Waals surface area contributed by atoms with Crippen molar-refractivity contribution in [1.82, 2.24) is 4.90 Å². The number of rotatable bonds is 2. The third-order valence-corrected chi connectivity index (χ3v) is 6.70. The summed E-state index contributed by atoms with van der Waals surface area (Å²) in [5.41, 5.74) is 9.57. The quantitative estimate of drug-likeness (QED) is 0.849. The van der Waals surface area contributed by atoms with Crippen LogP contribution in [-0.4, -0.2) is 37.4 Å². The Morgan fingerprint density at radius 2 is 2.10 bits per heavy atom. The summed E-state index contributed by atoms with van der Waals surface area (Å²) in [7, 11) is -2.92. The van der Waals surface area contributed by atoms with Crippen molar-refractivity contribution in [2.45, 2.75) is 49.9 Å². The Bertz CT molecular complexity index is 627. The van der Waals surface area contributed by atoms with Crippen molar-refractivity contribution in [1.29, 1.82) is 0 Å². The Hall–Kier alpha value is -1.07. The van der Waals surface area contributed by atoms with Gasteiger partial charge in [0.1, 0.15) is 9.84 Å². The van der Waals surface area contributed by atoms with Crippen molar-refractivity contribution in [3.05, 3.63) is 29.3 Å². The van der Waals surface area contributed by atoms with Gasteiger partial charge in [0.25, 0.3) is 0 Å². The summed E-state index contributed by atoms with van der Waals surface area (Å²) < 4.78 is 23.7. The SMILES string of the molecule is CS(=O)(=O)C1CCCC(N2CCc3cccc(N)c3C2)C1. The van der Waals surface area contributed by atoms with E-state index in [1.807, 2.05) is 12.1 Å². The Labute approximate surface area is 127 Å². The highest BCUT2D eigenvalue weighted by molar-refractivity contribution is 7.91. The maximum atomic E-state index is 11.8. The van der Waals surface area contributed by atoms with Crippen LogP contribution in [0.3, 0.4) is 0 Å². The van der Waals surface area contributed by atoms with Crippen LogP contribution < -0.4 is 5.73 Å². The van der Waals surface area contributed by atoms with Crippen molar-refractivity contribution in [3.63, 3.8) is 0 Å². The van der Waals surface area contributed by atoms with Gasteiger partial charge in [0.15, 0.2) is 0 Å².